The van der Waals surface area contributed by atoms with Crippen molar-refractivity contribution in [2.24, 2.45) is 0 Å². The number of nitrogens with zero attached hydrogens (tertiary/aromatic N) is 2. The molecule has 1 aromatic heterocycles. The van der Waals surface area contributed by atoms with Crippen molar-refractivity contribution in [1.29, 1.82) is 0 Å². The van der Waals surface area contributed by atoms with E-state index in [1.54, 1.807) is 12.1 Å². The standard InChI is InChI=1S/C16H15ClFN3/c1-2-9-21-15-11(17)6-4-8-13(15)20-16(21)10-5-3-7-12(18)14(10)19/h3-8H,2,9,19H2,1H3. The van der Waals surface area contributed by atoms with Crippen LogP contribution >= 0.6 is 11.6 Å². The highest BCUT2D eigenvalue weighted by Gasteiger charge is 2.17. The monoisotopic (exact) mass is 303 g/mol. The van der Waals surface area contributed by atoms with Crippen LogP contribution in [0.25, 0.3) is 22.4 Å². The number of halogens is 2. The topological polar surface area (TPSA) is 43.8 Å². The van der Waals surface area contributed by atoms with Crippen LogP contribution in [0.3, 0.4) is 0 Å². The molecule has 2 N–H and O–H groups in total. The van der Waals surface area contributed by atoms with Crippen molar-refractivity contribution in [2.75, 3.05) is 5.73 Å². The van der Waals surface area contributed by atoms with E-state index in [0.717, 1.165) is 24.0 Å². The average molecular weight is 304 g/mol. The molecule has 0 spiro atoms. The van der Waals surface area contributed by atoms with Crippen LogP contribution in [0.2, 0.25) is 5.02 Å². The van der Waals surface area contributed by atoms with Crippen molar-refractivity contribution >= 4 is 28.3 Å². The molecule has 0 radical (unpaired) electrons. The summed E-state index contributed by atoms with van der Waals surface area (Å²) in [5, 5.41) is 0.634. The third-order valence-corrected chi connectivity index (χ3v) is 3.76. The zero-order valence-corrected chi connectivity index (χ0v) is 12.4. The largest absolute Gasteiger partial charge is 0.396 e. The van der Waals surface area contributed by atoms with Gasteiger partial charge >= 0.3 is 0 Å². The summed E-state index contributed by atoms with van der Waals surface area (Å²) in [4.78, 5) is 4.60. The molecule has 108 valence electrons. The molecule has 2 aromatic carbocycles. The fourth-order valence-electron chi connectivity index (χ4n) is 2.52. The number of aryl methyl sites for hydroxylation is 1. The number of fused-ring (bicyclic) bond motifs is 1. The van der Waals surface area contributed by atoms with E-state index in [9.17, 15) is 4.39 Å². The quantitative estimate of drug-likeness (QED) is 0.725. The highest BCUT2D eigenvalue weighted by molar-refractivity contribution is 6.35. The lowest BCUT2D eigenvalue weighted by atomic mass is 10.1. The number of nitrogen functional groups attached to an aromatic ring is 1. The maximum absolute atomic E-state index is 13.7. The molecular formula is C16H15ClFN3. The lowest BCUT2D eigenvalue weighted by Crippen LogP contribution is -2.03. The zero-order valence-electron chi connectivity index (χ0n) is 11.6. The molecule has 0 unspecified atom stereocenters. The molecule has 0 saturated heterocycles. The van der Waals surface area contributed by atoms with Gasteiger partial charge in [0.05, 0.1) is 21.7 Å². The Kier molecular flexibility index (Phi) is 3.55. The summed E-state index contributed by atoms with van der Waals surface area (Å²) in [5.41, 5.74) is 8.23. The van der Waals surface area contributed by atoms with Crippen molar-refractivity contribution in [3.8, 4) is 11.4 Å². The Morgan fingerprint density at radius 3 is 2.76 bits per heavy atom. The normalized spacial score (nSPS) is 11.2. The molecule has 5 heteroatoms. The van der Waals surface area contributed by atoms with Gasteiger partial charge in [0.25, 0.3) is 0 Å². The van der Waals surface area contributed by atoms with E-state index in [2.05, 4.69) is 11.9 Å². The number of rotatable bonds is 3. The van der Waals surface area contributed by atoms with Crippen LogP contribution in [-0.4, -0.2) is 9.55 Å². The molecule has 3 rings (SSSR count). The molecule has 0 aliphatic heterocycles. The number of imidazole rings is 1. The predicted octanol–water partition coefficient (Wildman–Crippen LogP) is 4.49. The van der Waals surface area contributed by atoms with Crippen LogP contribution in [0, 0.1) is 5.82 Å². The Morgan fingerprint density at radius 1 is 1.24 bits per heavy atom. The van der Waals surface area contributed by atoms with Crippen molar-refractivity contribution < 1.29 is 4.39 Å². The van der Waals surface area contributed by atoms with Crippen molar-refractivity contribution in [3.63, 3.8) is 0 Å². The summed E-state index contributed by atoms with van der Waals surface area (Å²) < 4.78 is 15.7. The van der Waals surface area contributed by atoms with E-state index in [1.807, 2.05) is 22.8 Å². The summed E-state index contributed by atoms with van der Waals surface area (Å²) in [6, 6.07) is 10.3. The molecule has 0 aliphatic carbocycles. The van der Waals surface area contributed by atoms with Gasteiger partial charge < -0.3 is 10.3 Å². The van der Waals surface area contributed by atoms with Crippen LogP contribution in [0.5, 0.6) is 0 Å². The Morgan fingerprint density at radius 2 is 2.00 bits per heavy atom. The number of aromatic nitrogens is 2. The van der Waals surface area contributed by atoms with Crippen LogP contribution < -0.4 is 5.73 Å². The minimum absolute atomic E-state index is 0.112. The molecule has 0 bridgehead atoms. The van der Waals surface area contributed by atoms with Crippen molar-refractivity contribution in [2.45, 2.75) is 19.9 Å². The van der Waals surface area contributed by atoms with Crippen LogP contribution in [0.1, 0.15) is 13.3 Å². The highest BCUT2D eigenvalue weighted by atomic mass is 35.5. The molecule has 1 heterocycles. The molecule has 3 aromatic rings. The van der Waals surface area contributed by atoms with Gasteiger partial charge in [-0.25, -0.2) is 9.37 Å². The number of benzene rings is 2. The first-order valence-electron chi connectivity index (χ1n) is 6.82. The van der Waals surface area contributed by atoms with Crippen LogP contribution in [0.15, 0.2) is 36.4 Å². The average Bonchev–Trinajstić information content (AvgIpc) is 2.82. The lowest BCUT2D eigenvalue weighted by molar-refractivity contribution is 0.632. The van der Waals surface area contributed by atoms with Gasteiger partial charge in [0.15, 0.2) is 0 Å². The summed E-state index contributed by atoms with van der Waals surface area (Å²) >= 11 is 6.30. The third-order valence-electron chi connectivity index (χ3n) is 3.46. The fourth-order valence-corrected chi connectivity index (χ4v) is 2.79. The smallest absolute Gasteiger partial charge is 0.146 e. The number of anilines is 1. The number of hydrogen-bond acceptors (Lipinski definition) is 2. The van der Waals surface area contributed by atoms with Crippen molar-refractivity contribution in [3.05, 3.63) is 47.2 Å². The van der Waals surface area contributed by atoms with Crippen LogP contribution in [0.4, 0.5) is 10.1 Å². The van der Waals surface area contributed by atoms with E-state index in [4.69, 9.17) is 17.3 Å². The molecular weight excluding hydrogens is 289 g/mol. The molecule has 0 saturated carbocycles. The third kappa shape index (κ3) is 2.25. The second kappa shape index (κ2) is 5.37. The van der Waals surface area contributed by atoms with Gasteiger partial charge in [0.2, 0.25) is 0 Å². The van der Waals surface area contributed by atoms with Gasteiger partial charge in [-0.1, -0.05) is 30.7 Å². The Balaban J connectivity index is 2.34. The zero-order chi connectivity index (χ0) is 15.0. The van der Waals surface area contributed by atoms with Crippen molar-refractivity contribution in [1.82, 2.24) is 9.55 Å². The first kappa shape index (κ1) is 13.9. The summed E-state index contributed by atoms with van der Waals surface area (Å²) in [6.07, 6.45) is 0.916. The van der Waals surface area contributed by atoms with E-state index in [0.29, 0.717) is 16.4 Å². The van der Waals surface area contributed by atoms with Gasteiger partial charge in [-0.2, -0.15) is 0 Å². The Hall–Kier alpha value is -2.07. The minimum atomic E-state index is -0.436. The maximum atomic E-state index is 13.7. The molecule has 0 atom stereocenters. The fraction of sp³-hybridized carbons (Fsp3) is 0.188. The Bertz CT molecular complexity index is 811. The van der Waals surface area contributed by atoms with E-state index < -0.39 is 5.82 Å². The summed E-state index contributed by atoms with van der Waals surface area (Å²) in [5.74, 6) is 0.214. The number of hydrogen-bond donors (Lipinski definition) is 1. The second-order valence-electron chi connectivity index (χ2n) is 4.90. The maximum Gasteiger partial charge on any atom is 0.146 e. The van der Waals surface area contributed by atoms with Gasteiger partial charge in [0.1, 0.15) is 11.6 Å². The van der Waals surface area contributed by atoms with E-state index in [-0.39, 0.29) is 5.69 Å². The first-order chi connectivity index (χ1) is 10.1. The molecule has 0 aliphatic rings. The van der Waals surface area contributed by atoms with Gasteiger partial charge in [-0.3, -0.25) is 0 Å². The Labute approximate surface area is 127 Å². The predicted molar refractivity (Wildman–Crippen MR) is 84.8 cm³/mol. The van der Waals surface area contributed by atoms with Gasteiger partial charge in [-0.15, -0.1) is 0 Å². The number of para-hydroxylation sites is 2. The SMILES string of the molecule is CCCn1c(-c2cccc(F)c2N)nc2cccc(Cl)c21. The molecule has 0 amide bonds. The second-order valence-corrected chi connectivity index (χ2v) is 5.30. The summed E-state index contributed by atoms with van der Waals surface area (Å²) in [7, 11) is 0. The first-order valence-corrected chi connectivity index (χ1v) is 7.20. The lowest BCUT2D eigenvalue weighted by Gasteiger charge is -2.10. The van der Waals surface area contributed by atoms with Gasteiger partial charge in [-0.05, 0) is 30.7 Å². The molecule has 0 fully saturated rings. The number of nitrogens with two attached hydrogens (primary N) is 1. The molecule has 21 heavy (non-hydrogen) atoms. The van der Waals surface area contributed by atoms with E-state index >= 15 is 0 Å². The molecule has 3 nitrogen and oxygen atoms in total. The van der Waals surface area contributed by atoms with E-state index in [1.165, 1.54) is 6.07 Å². The minimum Gasteiger partial charge on any atom is -0.396 e. The highest BCUT2D eigenvalue weighted by Crippen LogP contribution is 2.33. The summed E-state index contributed by atoms with van der Waals surface area (Å²) in [6.45, 7) is 2.81. The van der Waals surface area contributed by atoms with Gasteiger partial charge in [0, 0.05) is 12.1 Å². The van der Waals surface area contributed by atoms with Crippen LogP contribution in [-0.2, 0) is 6.54 Å².